The van der Waals surface area contributed by atoms with E-state index in [9.17, 15) is 4.79 Å². The first-order valence-electron chi connectivity index (χ1n) is 5.19. The summed E-state index contributed by atoms with van der Waals surface area (Å²) in [6, 6.07) is 3.67. The highest BCUT2D eigenvalue weighted by molar-refractivity contribution is 7.98. The fourth-order valence-electron chi connectivity index (χ4n) is 1.36. The Morgan fingerprint density at radius 1 is 1.53 bits per heavy atom. The van der Waals surface area contributed by atoms with Crippen LogP contribution in [0.2, 0.25) is 0 Å². The van der Waals surface area contributed by atoms with Crippen molar-refractivity contribution in [2.75, 3.05) is 5.73 Å². The third-order valence-electron chi connectivity index (χ3n) is 2.26. The fraction of sp³-hybridized carbons (Fsp3) is 0.300. The maximum Gasteiger partial charge on any atom is 0.343 e. The zero-order valence-electron chi connectivity index (χ0n) is 9.38. The van der Waals surface area contributed by atoms with E-state index in [1.807, 2.05) is 13.0 Å². The maximum atomic E-state index is 11.3. The Bertz CT molecular complexity index is 545. The molecule has 2 heterocycles. The third-order valence-corrected chi connectivity index (χ3v) is 3.30. The van der Waals surface area contributed by atoms with Crippen LogP contribution >= 0.6 is 11.8 Å². The van der Waals surface area contributed by atoms with Gasteiger partial charge in [0.05, 0.1) is 0 Å². The second kappa shape index (κ2) is 5.05. The third kappa shape index (κ3) is 2.68. The number of nitrogens with two attached hydrogens (primary N) is 1. The molecule has 2 aromatic heterocycles. The molecule has 0 atom stereocenters. The molecule has 0 aromatic carbocycles. The van der Waals surface area contributed by atoms with Crippen LogP contribution in [0.3, 0.4) is 0 Å². The Hall–Kier alpha value is -1.76. The summed E-state index contributed by atoms with van der Waals surface area (Å²) in [6.45, 7) is 2.52. The first-order valence-corrected chi connectivity index (χ1v) is 6.17. The Labute approximate surface area is 102 Å². The Morgan fingerprint density at radius 2 is 2.35 bits per heavy atom. The quantitative estimate of drug-likeness (QED) is 0.787. The number of pyridine rings is 1. The van der Waals surface area contributed by atoms with Crippen molar-refractivity contribution in [3.63, 3.8) is 0 Å². The Morgan fingerprint density at radius 3 is 3.00 bits per heavy atom. The molecule has 90 valence electrons. The molecule has 0 bridgehead atoms. The van der Waals surface area contributed by atoms with Gasteiger partial charge in [0.1, 0.15) is 5.82 Å². The molecule has 0 aliphatic heterocycles. The van der Waals surface area contributed by atoms with E-state index in [-0.39, 0.29) is 5.69 Å². The number of nitrogens with one attached hydrogen (secondary N) is 1. The highest BCUT2D eigenvalue weighted by atomic mass is 32.2. The summed E-state index contributed by atoms with van der Waals surface area (Å²) < 4.78 is 1.59. The molecule has 0 fully saturated rings. The van der Waals surface area contributed by atoms with Gasteiger partial charge in [0, 0.05) is 18.5 Å². The molecule has 0 saturated heterocycles. The van der Waals surface area contributed by atoms with E-state index in [0.717, 1.165) is 5.56 Å². The van der Waals surface area contributed by atoms with Crippen LogP contribution in [-0.4, -0.2) is 19.7 Å². The van der Waals surface area contributed by atoms with Gasteiger partial charge in [-0.3, -0.25) is 4.57 Å². The molecule has 6 nitrogen and oxygen atoms in total. The number of anilines is 1. The van der Waals surface area contributed by atoms with Crippen LogP contribution in [-0.2, 0) is 12.3 Å². The van der Waals surface area contributed by atoms with E-state index in [0.29, 0.717) is 23.3 Å². The number of thioether (sulfide) groups is 1. The lowest BCUT2D eigenvalue weighted by atomic mass is 10.3. The van der Waals surface area contributed by atoms with E-state index in [2.05, 4.69) is 15.2 Å². The van der Waals surface area contributed by atoms with Gasteiger partial charge in [-0.25, -0.2) is 14.9 Å². The van der Waals surface area contributed by atoms with Crippen LogP contribution < -0.4 is 11.4 Å². The zero-order valence-corrected chi connectivity index (χ0v) is 10.2. The van der Waals surface area contributed by atoms with E-state index in [1.165, 1.54) is 11.8 Å². The topological polar surface area (TPSA) is 89.6 Å². The molecule has 0 unspecified atom stereocenters. The van der Waals surface area contributed by atoms with Crippen molar-refractivity contribution >= 4 is 17.6 Å². The summed E-state index contributed by atoms with van der Waals surface area (Å²) in [7, 11) is 0. The van der Waals surface area contributed by atoms with Gasteiger partial charge in [0.15, 0.2) is 5.16 Å². The minimum atomic E-state index is -0.176. The highest BCUT2D eigenvalue weighted by Gasteiger charge is 2.07. The summed E-state index contributed by atoms with van der Waals surface area (Å²) >= 11 is 1.49. The van der Waals surface area contributed by atoms with Gasteiger partial charge < -0.3 is 5.73 Å². The second-order valence-electron chi connectivity index (χ2n) is 3.44. The van der Waals surface area contributed by atoms with Crippen LogP contribution in [0.5, 0.6) is 0 Å². The monoisotopic (exact) mass is 251 g/mol. The smallest absolute Gasteiger partial charge is 0.343 e. The summed E-state index contributed by atoms with van der Waals surface area (Å²) in [6.07, 6.45) is 1.73. The zero-order chi connectivity index (χ0) is 12.3. The van der Waals surface area contributed by atoms with Gasteiger partial charge in [-0.05, 0) is 18.6 Å². The van der Waals surface area contributed by atoms with Gasteiger partial charge >= 0.3 is 5.69 Å². The maximum absolute atomic E-state index is 11.3. The normalized spacial score (nSPS) is 10.6. The minimum Gasteiger partial charge on any atom is -0.384 e. The lowest BCUT2D eigenvalue weighted by molar-refractivity contribution is 0.660. The number of aromatic amines is 1. The number of aromatic nitrogens is 4. The molecule has 3 N–H and O–H groups in total. The lowest BCUT2D eigenvalue weighted by Gasteiger charge is -2.02. The molecule has 0 radical (unpaired) electrons. The summed E-state index contributed by atoms with van der Waals surface area (Å²) in [5.41, 5.74) is 6.37. The van der Waals surface area contributed by atoms with E-state index < -0.39 is 0 Å². The summed E-state index contributed by atoms with van der Waals surface area (Å²) in [5, 5.41) is 7.09. The molecule has 0 spiro atoms. The van der Waals surface area contributed by atoms with Crippen molar-refractivity contribution in [1.29, 1.82) is 0 Å². The predicted octanol–water partition coefficient (Wildman–Crippen LogP) is 0.861. The number of H-pyrrole nitrogens is 1. The van der Waals surface area contributed by atoms with Crippen molar-refractivity contribution in [1.82, 2.24) is 19.7 Å². The predicted molar refractivity (Wildman–Crippen MR) is 66.7 cm³/mol. The average molecular weight is 251 g/mol. The SMILES string of the molecule is CCn1c(SCc2ccc(N)nc2)n[nH]c1=O. The number of nitrogens with zero attached hydrogens (tertiary/aromatic N) is 3. The van der Waals surface area contributed by atoms with Crippen LogP contribution in [0.25, 0.3) is 0 Å². The van der Waals surface area contributed by atoms with Crippen LogP contribution in [0.1, 0.15) is 12.5 Å². The highest BCUT2D eigenvalue weighted by Crippen LogP contribution is 2.19. The van der Waals surface area contributed by atoms with Gasteiger partial charge in [0.25, 0.3) is 0 Å². The standard InChI is InChI=1S/C10H13N5OS/c1-2-15-9(16)13-14-10(15)17-6-7-3-4-8(11)12-5-7/h3-5H,2,6H2,1H3,(H2,11,12)(H,13,16). The van der Waals surface area contributed by atoms with Crippen molar-refractivity contribution in [2.24, 2.45) is 0 Å². The van der Waals surface area contributed by atoms with Gasteiger partial charge in [-0.2, -0.15) is 0 Å². The second-order valence-corrected chi connectivity index (χ2v) is 4.38. The Kier molecular flexibility index (Phi) is 3.48. The first kappa shape index (κ1) is 11.7. The first-order chi connectivity index (χ1) is 8.20. The molecule has 0 saturated carbocycles. The van der Waals surface area contributed by atoms with Gasteiger partial charge in [-0.15, -0.1) is 5.10 Å². The number of nitrogen functional groups attached to an aromatic ring is 1. The number of hydrogen-bond donors (Lipinski definition) is 2. The largest absolute Gasteiger partial charge is 0.384 e. The molecule has 2 aromatic rings. The summed E-state index contributed by atoms with van der Waals surface area (Å²) in [4.78, 5) is 15.3. The van der Waals surface area contributed by atoms with E-state index >= 15 is 0 Å². The molecular formula is C10H13N5OS. The van der Waals surface area contributed by atoms with Gasteiger partial charge in [0.2, 0.25) is 0 Å². The van der Waals surface area contributed by atoms with Crippen molar-refractivity contribution < 1.29 is 0 Å². The molecule has 2 rings (SSSR count). The van der Waals surface area contributed by atoms with Crippen molar-refractivity contribution in [3.8, 4) is 0 Å². The fourth-order valence-corrected chi connectivity index (χ4v) is 2.31. The molecule has 0 aliphatic rings. The van der Waals surface area contributed by atoms with Gasteiger partial charge in [-0.1, -0.05) is 17.8 Å². The number of rotatable bonds is 4. The van der Waals surface area contributed by atoms with Crippen LogP contribution in [0.4, 0.5) is 5.82 Å². The van der Waals surface area contributed by atoms with Crippen molar-refractivity contribution in [2.45, 2.75) is 24.4 Å². The molecule has 17 heavy (non-hydrogen) atoms. The molecule has 0 aliphatic carbocycles. The van der Waals surface area contributed by atoms with Crippen LogP contribution in [0, 0.1) is 0 Å². The molecule has 0 amide bonds. The van der Waals surface area contributed by atoms with Crippen molar-refractivity contribution in [3.05, 3.63) is 34.4 Å². The van der Waals surface area contributed by atoms with Crippen LogP contribution in [0.15, 0.2) is 28.3 Å². The van der Waals surface area contributed by atoms with E-state index in [4.69, 9.17) is 5.73 Å². The average Bonchev–Trinajstić information content (AvgIpc) is 2.69. The molecule has 7 heteroatoms. The minimum absolute atomic E-state index is 0.176. The number of hydrogen-bond acceptors (Lipinski definition) is 5. The van der Waals surface area contributed by atoms with E-state index in [1.54, 1.807) is 16.8 Å². The molecular weight excluding hydrogens is 238 g/mol. The lowest BCUT2D eigenvalue weighted by Crippen LogP contribution is -2.16. The Balaban J connectivity index is 2.07. The summed E-state index contributed by atoms with van der Waals surface area (Å²) in [5.74, 6) is 1.21.